The molecule has 0 spiro atoms. The number of aromatic nitrogens is 2. The third-order valence-corrected chi connectivity index (χ3v) is 4.16. The SMILES string of the molecule is CCCn1c(C2CC(C)CCN2)nc2ccc(F)cc21. The first kappa shape index (κ1) is 13.6. The maximum atomic E-state index is 13.5. The number of fused-ring (bicyclic) bond motifs is 1. The maximum absolute atomic E-state index is 13.5. The van der Waals surface area contributed by atoms with E-state index in [1.807, 2.05) is 0 Å². The molecule has 1 aliphatic rings. The average Bonchev–Trinajstić information content (AvgIpc) is 2.78. The zero-order chi connectivity index (χ0) is 14.1. The quantitative estimate of drug-likeness (QED) is 0.926. The molecule has 0 aliphatic carbocycles. The van der Waals surface area contributed by atoms with Gasteiger partial charge in [0.25, 0.3) is 0 Å². The van der Waals surface area contributed by atoms with Gasteiger partial charge in [-0.05, 0) is 49.9 Å². The van der Waals surface area contributed by atoms with Crippen molar-refractivity contribution in [1.29, 1.82) is 0 Å². The highest BCUT2D eigenvalue weighted by molar-refractivity contribution is 5.76. The summed E-state index contributed by atoms with van der Waals surface area (Å²) in [6.45, 7) is 6.36. The van der Waals surface area contributed by atoms with E-state index < -0.39 is 0 Å². The zero-order valence-corrected chi connectivity index (χ0v) is 12.2. The molecule has 3 nitrogen and oxygen atoms in total. The first-order chi connectivity index (χ1) is 9.69. The summed E-state index contributed by atoms with van der Waals surface area (Å²) in [7, 11) is 0. The topological polar surface area (TPSA) is 29.9 Å². The molecule has 2 aromatic rings. The predicted octanol–water partition coefficient (Wildman–Crippen LogP) is 3.65. The van der Waals surface area contributed by atoms with Crippen LogP contribution in [0, 0.1) is 11.7 Å². The van der Waals surface area contributed by atoms with Gasteiger partial charge in [0, 0.05) is 6.54 Å². The zero-order valence-electron chi connectivity index (χ0n) is 12.2. The van der Waals surface area contributed by atoms with Crippen LogP contribution in [0.15, 0.2) is 18.2 Å². The van der Waals surface area contributed by atoms with Crippen LogP contribution in [-0.4, -0.2) is 16.1 Å². The third kappa shape index (κ3) is 2.44. The number of imidazole rings is 1. The largest absolute Gasteiger partial charge is 0.327 e. The molecule has 2 unspecified atom stereocenters. The highest BCUT2D eigenvalue weighted by Gasteiger charge is 2.25. The lowest BCUT2D eigenvalue weighted by atomic mass is 9.94. The fourth-order valence-electron chi connectivity index (χ4n) is 3.14. The first-order valence-electron chi connectivity index (χ1n) is 7.58. The summed E-state index contributed by atoms with van der Waals surface area (Å²) in [5, 5.41) is 3.56. The van der Waals surface area contributed by atoms with Crippen LogP contribution in [0.4, 0.5) is 4.39 Å². The highest BCUT2D eigenvalue weighted by Crippen LogP contribution is 2.29. The molecule has 108 valence electrons. The van der Waals surface area contributed by atoms with Crippen molar-refractivity contribution in [3.05, 3.63) is 29.8 Å². The Hall–Kier alpha value is -1.42. The Bertz CT molecular complexity index is 605. The second kappa shape index (κ2) is 5.52. The summed E-state index contributed by atoms with van der Waals surface area (Å²) < 4.78 is 15.7. The Labute approximate surface area is 119 Å². The molecule has 0 amide bonds. The molecule has 2 atom stereocenters. The third-order valence-electron chi connectivity index (χ3n) is 4.16. The summed E-state index contributed by atoms with van der Waals surface area (Å²) in [6, 6.07) is 5.17. The van der Waals surface area contributed by atoms with E-state index in [0.717, 1.165) is 42.8 Å². The minimum absolute atomic E-state index is 0.189. The van der Waals surface area contributed by atoms with Crippen molar-refractivity contribution < 1.29 is 4.39 Å². The standard InChI is InChI=1S/C16H22FN3/c1-3-8-20-15-10-12(17)4-5-13(15)19-16(20)14-9-11(2)6-7-18-14/h4-5,10-11,14,18H,3,6-9H2,1-2H3. The van der Waals surface area contributed by atoms with Crippen molar-refractivity contribution in [1.82, 2.24) is 14.9 Å². The van der Waals surface area contributed by atoms with Crippen molar-refractivity contribution in [3.8, 4) is 0 Å². The minimum Gasteiger partial charge on any atom is -0.327 e. The molecule has 0 saturated carbocycles. The number of rotatable bonds is 3. The van der Waals surface area contributed by atoms with Crippen LogP contribution < -0.4 is 5.32 Å². The molecule has 20 heavy (non-hydrogen) atoms. The van der Waals surface area contributed by atoms with Gasteiger partial charge < -0.3 is 9.88 Å². The molecule has 1 saturated heterocycles. The Morgan fingerprint density at radius 3 is 3.05 bits per heavy atom. The van der Waals surface area contributed by atoms with Gasteiger partial charge in [0.05, 0.1) is 17.1 Å². The summed E-state index contributed by atoms with van der Waals surface area (Å²) in [4.78, 5) is 4.76. The van der Waals surface area contributed by atoms with E-state index in [1.165, 1.54) is 12.5 Å². The number of benzene rings is 1. The number of halogens is 1. The molecule has 0 radical (unpaired) electrons. The van der Waals surface area contributed by atoms with Crippen LogP contribution in [0.3, 0.4) is 0 Å². The van der Waals surface area contributed by atoms with Gasteiger partial charge in [0.2, 0.25) is 0 Å². The molecule has 1 fully saturated rings. The van der Waals surface area contributed by atoms with Crippen molar-refractivity contribution in [2.24, 2.45) is 5.92 Å². The molecule has 1 aromatic heterocycles. The van der Waals surface area contributed by atoms with Crippen molar-refractivity contribution >= 4 is 11.0 Å². The van der Waals surface area contributed by atoms with Crippen LogP contribution in [-0.2, 0) is 6.54 Å². The fraction of sp³-hybridized carbons (Fsp3) is 0.562. The molecule has 0 bridgehead atoms. The smallest absolute Gasteiger partial charge is 0.127 e. The Balaban J connectivity index is 2.06. The van der Waals surface area contributed by atoms with E-state index in [9.17, 15) is 4.39 Å². The lowest BCUT2D eigenvalue weighted by molar-refractivity contribution is 0.310. The molecule has 1 aromatic carbocycles. The number of nitrogens with one attached hydrogen (secondary N) is 1. The van der Waals surface area contributed by atoms with Crippen LogP contribution in [0.25, 0.3) is 11.0 Å². The van der Waals surface area contributed by atoms with Gasteiger partial charge in [-0.2, -0.15) is 0 Å². The van der Waals surface area contributed by atoms with Crippen LogP contribution >= 0.6 is 0 Å². The van der Waals surface area contributed by atoms with Crippen LogP contribution in [0.5, 0.6) is 0 Å². The molecule has 2 heterocycles. The Morgan fingerprint density at radius 1 is 1.45 bits per heavy atom. The number of hydrogen-bond acceptors (Lipinski definition) is 2. The van der Waals surface area contributed by atoms with Crippen molar-refractivity contribution in [2.75, 3.05) is 6.54 Å². The second-order valence-electron chi connectivity index (χ2n) is 5.89. The minimum atomic E-state index is -0.189. The van der Waals surface area contributed by atoms with Gasteiger partial charge in [0.15, 0.2) is 0 Å². The predicted molar refractivity (Wildman–Crippen MR) is 79.1 cm³/mol. The summed E-state index contributed by atoms with van der Waals surface area (Å²) in [6.07, 6.45) is 3.35. The summed E-state index contributed by atoms with van der Waals surface area (Å²) in [5.74, 6) is 1.60. The van der Waals surface area contributed by atoms with Gasteiger partial charge in [0.1, 0.15) is 11.6 Å². The Morgan fingerprint density at radius 2 is 2.30 bits per heavy atom. The lowest BCUT2D eigenvalue weighted by Gasteiger charge is -2.28. The van der Waals surface area contributed by atoms with E-state index in [4.69, 9.17) is 4.98 Å². The van der Waals surface area contributed by atoms with Crippen molar-refractivity contribution in [3.63, 3.8) is 0 Å². The van der Waals surface area contributed by atoms with Gasteiger partial charge in [-0.1, -0.05) is 13.8 Å². The second-order valence-corrected chi connectivity index (χ2v) is 5.89. The molecule has 4 heteroatoms. The summed E-state index contributed by atoms with van der Waals surface area (Å²) in [5.41, 5.74) is 1.82. The molecule has 1 aliphatic heterocycles. The van der Waals surface area contributed by atoms with E-state index in [1.54, 1.807) is 12.1 Å². The van der Waals surface area contributed by atoms with E-state index >= 15 is 0 Å². The molecular weight excluding hydrogens is 253 g/mol. The Kier molecular flexibility index (Phi) is 3.74. The van der Waals surface area contributed by atoms with E-state index in [2.05, 4.69) is 23.7 Å². The van der Waals surface area contributed by atoms with Gasteiger partial charge in [-0.15, -0.1) is 0 Å². The fourth-order valence-corrected chi connectivity index (χ4v) is 3.14. The number of piperidine rings is 1. The molecular formula is C16H22FN3. The normalized spacial score (nSPS) is 23.4. The van der Waals surface area contributed by atoms with Crippen LogP contribution in [0.1, 0.15) is 45.0 Å². The summed E-state index contributed by atoms with van der Waals surface area (Å²) >= 11 is 0. The number of aryl methyl sites for hydroxylation is 1. The first-order valence-corrected chi connectivity index (χ1v) is 7.58. The van der Waals surface area contributed by atoms with E-state index in [0.29, 0.717) is 12.0 Å². The molecule has 1 N–H and O–H groups in total. The van der Waals surface area contributed by atoms with Gasteiger partial charge in [-0.3, -0.25) is 0 Å². The number of nitrogens with zero attached hydrogens (tertiary/aromatic N) is 2. The van der Waals surface area contributed by atoms with Crippen molar-refractivity contribution in [2.45, 2.75) is 45.7 Å². The lowest BCUT2D eigenvalue weighted by Crippen LogP contribution is -2.32. The van der Waals surface area contributed by atoms with Gasteiger partial charge in [-0.25, -0.2) is 9.37 Å². The van der Waals surface area contributed by atoms with Gasteiger partial charge >= 0.3 is 0 Å². The molecule has 3 rings (SSSR count). The monoisotopic (exact) mass is 275 g/mol. The van der Waals surface area contributed by atoms with Crippen LogP contribution in [0.2, 0.25) is 0 Å². The number of hydrogen-bond donors (Lipinski definition) is 1. The highest BCUT2D eigenvalue weighted by atomic mass is 19.1. The maximum Gasteiger partial charge on any atom is 0.127 e. The van der Waals surface area contributed by atoms with E-state index in [-0.39, 0.29) is 5.82 Å². The average molecular weight is 275 g/mol.